The molecule has 0 unspecified atom stereocenters. The first kappa shape index (κ1) is 10.2. The Morgan fingerprint density at radius 1 is 1.40 bits per heavy atom. The van der Waals surface area contributed by atoms with Crippen molar-refractivity contribution < 1.29 is 31.3 Å². The summed E-state index contributed by atoms with van der Waals surface area (Å²) in [7, 11) is 0. The molecule has 0 aromatic heterocycles. The normalized spacial score (nSPS) is 8.60. The predicted octanol–water partition coefficient (Wildman–Crippen LogP) is 1.72. The summed E-state index contributed by atoms with van der Waals surface area (Å²) in [6.45, 7) is 1.71. The summed E-state index contributed by atoms with van der Waals surface area (Å²) in [5, 5.41) is 11.3. The van der Waals surface area contributed by atoms with Crippen LogP contribution in [0.3, 0.4) is 0 Å². The molecule has 1 aromatic carbocycles. The van der Waals surface area contributed by atoms with Gasteiger partial charge in [-0.15, -0.1) is 5.75 Å². The maximum atomic E-state index is 10.8. The van der Waals surface area contributed by atoms with Crippen LogP contribution in [0.1, 0.15) is 5.56 Å². The summed E-state index contributed by atoms with van der Waals surface area (Å²) in [6.07, 6.45) is 0. The predicted molar refractivity (Wildman–Crippen MR) is 35.6 cm³/mol. The number of benzene rings is 1. The van der Waals surface area contributed by atoms with Gasteiger partial charge in [-0.2, -0.15) is 0 Å². The molecule has 0 N–H and O–H groups in total. The van der Waals surface area contributed by atoms with Crippen molar-refractivity contribution in [2.24, 2.45) is 0 Å². The first-order valence-corrected chi connectivity index (χ1v) is 3.02. The fourth-order valence-electron chi connectivity index (χ4n) is 0.588. The fraction of sp³-hybridized carbons (Fsp3) is 0.143. The SMILES string of the molecule is Cc1c([O-])cccc1Cl.[Zr]. The summed E-state index contributed by atoms with van der Waals surface area (Å²) in [4.78, 5) is 0. The van der Waals surface area contributed by atoms with Crippen molar-refractivity contribution in [2.75, 3.05) is 0 Å². The Kier molecular flexibility index (Phi) is 4.23. The van der Waals surface area contributed by atoms with Gasteiger partial charge in [0, 0.05) is 31.2 Å². The van der Waals surface area contributed by atoms with Crippen LogP contribution in [0.2, 0.25) is 5.02 Å². The van der Waals surface area contributed by atoms with Gasteiger partial charge in [0.1, 0.15) is 0 Å². The monoisotopic (exact) mass is 231 g/mol. The number of hydrogen-bond donors (Lipinski definition) is 0. The first-order chi connectivity index (χ1) is 4.22. The molecular formula is C7H6ClOZr-. The second-order valence-electron chi connectivity index (χ2n) is 1.86. The third kappa shape index (κ3) is 2.10. The van der Waals surface area contributed by atoms with Gasteiger partial charge in [-0.3, -0.25) is 0 Å². The van der Waals surface area contributed by atoms with E-state index in [1.807, 2.05) is 0 Å². The molecule has 3 heteroatoms. The Labute approximate surface area is 84.1 Å². The maximum Gasteiger partial charge on any atom is 0.0429 e. The Bertz CT molecular complexity index is 205. The molecule has 52 valence electrons. The smallest absolute Gasteiger partial charge is 0.0429 e. The van der Waals surface area contributed by atoms with Crippen LogP contribution in [0.5, 0.6) is 5.75 Å². The van der Waals surface area contributed by atoms with Gasteiger partial charge in [0.25, 0.3) is 0 Å². The summed E-state index contributed by atoms with van der Waals surface area (Å²) in [6, 6.07) is 4.86. The van der Waals surface area contributed by atoms with E-state index in [0.29, 0.717) is 10.6 Å². The minimum absolute atomic E-state index is 0. The number of rotatable bonds is 0. The minimum atomic E-state index is 0. The zero-order chi connectivity index (χ0) is 6.85. The summed E-state index contributed by atoms with van der Waals surface area (Å²) >= 11 is 5.61. The van der Waals surface area contributed by atoms with E-state index in [1.54, 1.807) is 19.1 Å². The first-order valence-electron chi connectivity index (χ1n) is 2.64. The Morgan fingerprint density at radius 3 is 2.40 bits per heavy atom. The molecule has 0 bridgehead atoms. The second kappa shape index (κ2) is 4.15. The minimum Gasteiger partial charge on any atom is -0.872 e. The second-order valence-corrected chi connectivity index (χ2v) is 2.27. The van der Waals surface area contributed by atoms with Gasteiger partial charge in [0.2, 0.25) is 0 Å². The molecule has 0 saturated carbocycles. The van der Waals surface area contributed by atoms with Crippen LogP contribution in [-0.4, -0.2) is 0 Å². The fourth-order valence-corrected chi connectivity index (χ4v) is 0.754. The molecule has 0 fully saturated rings. The van der Waals surface area contributed by atoms with Gasteiger partial charge >= 0.3 is 0 Å². The number of hydrogen-bond acceptors (Lipinski definition) is 1. The van der Waals surface area contributed by atoms with Crippen LogP contribution < -0.4 is 5.11 Å². The van der Waals surface area contributed by atoms with Crippen LogP contribution in [0.25, 0.3) is 0 Å². The molecule has 0 radical (unpaired) electrons. The maximum absolute atomic E-state index is 10.8. The molecule has 0 saturated heterocycles. The van der Waals surface area contributed by atoms with Crippen LogP contribution in [0.4, 0.5) is 0 Å². The van der Waals surface area contributed by atoms with E-state index in [1.165, 1.54) is 6.07 Å². The molecule has 10 heavy (non-hydrogen) atoms. The number of halogens is 1. The molecule has 0 atom stereocenters. The third-order valence-corrected chi connectivity index (χ3v) is 1.63. The Hall–Kier alpha value is 0.193. The molecule has 0 heterocycles. The van der Waals surface area contributed by atoms with Gasteiger partial charge in [0.15, 0.2) is 0 Å². The molecule has 1 nitrogen and oxygen atoms in total. The molecule has 0 aliphatic heterocycles. The van der Waals surface area contributed by atoms with Gasteiger partial charge < -0.3 is 5.11 Å². The van der Waals surface area contributed by atoms with Crippen molar-refractivity contribution in [2.45, 2.75) is 6.92 Å². The molecule has 1 rings (SSSR count). The largest absolute Gasteiger partial charge is 0.872 e. The molecule has 0 spiro atoms. The summed E-state index contributed by atoms with van der Waals surface area (Å²) < 4.78 is 0. The van der Waals surface area contributed by atoms with Crippen molar-refractivity contribution in [3.05, 3.63) is 28.8 Å². The van der Waals surface area contributed by atoms with Gasteiger partial charge in [-0.1, -0.05) is 23.7 Å². The quantitative estimate of drug-likeness (QED) is 0.668. The molecule has 1 aromatic rings. The van der Waals surface area contributed by atoms with E-state index in [-0.39, 0.29) is 32.0 Å². The van der Waals surface area contributed by atoms with Crippen molar-refractivity contribution in [1.82, 2.24) is 0 Å². The Balaban J connectivity index is 0.000000810. The van der Waals surface area contributed by atoms with E-state index in [0.717, 1.165) is 0 Å². The summed E-state index contributed by atoms with van der Waals surface area (Å²) in [5.41, 5.74) is 0.624. The van der Waals surface area contributed by atoms with Crippen molar-refractivity contribution in [3.8, 4) is 5.75 Å². The average molecular weight is 233 g/mol. The van der Waals surface area contributed by atoms with E-state index >= 15 is 0 Å². The van der Waals surface area contributed by atoms with Crippen molar-refractivity contribution >= 4 is 11.6 Å². The Morgan fingerprint density at radius 2 is 2.00 bits per heavy atom. The summed E-state index contributed by atoms with van der Waals surface area (Å²) in [5.74, 6) is 0.00231. The zero-order valence-corrected chi connectivity index (χ0v) is 8.73. The van der Waals surface area contributed by atoms with E-state index in [4.69, 9.17) is 11.6 Å². The van der Waals surface area contributed by atoms with Gasteiger partial charge in [0.05, 0.1) is 0 Å². The van der Waals surface area contributed by atoms with E-state index in [2.05, 4.69) is 0 Å². The zero-order valence-electron chi connectivity index (χ0n) is 5.52. The topological polar surface area (TPSA) is 23.1 Å². The molecule has 0 aliphatic carbocycles. The van der Waals surface area contributed by atoms with Crippen molar-refractivity contribution in [1.29, 1.82) is 0 Å². The molecular weight excluding hydrogens is 227 g/mol. The van der Waals surface area contributed by atoms with Gasteiger partial charge in [-0.05, 0) is 18.6 Å². The average Bonchev–Trinajstić information content (AvgIpc) is 1.83. The van der Waals surface area contributed by atoms with Crippen LogP contribution in [-0.2, 0) is 26.2 Å². The van der Waals surface area contributed by atoms with E-state index < -0.39 is 0 Å². The molecule has 0 aliphatic rings. The standard InChI is InChI=1S/C7H7ClO.Zr/c1-5-6(8)3-2-4-7(5)9;/h2-4,9H,1H3;/p-1. The van der Waals surface area contributed by atoms with Gasteiger partial charge in [-0.25, -0.2) is 0 Å². The van der Waals surface area contributed by atoms with Crippen LogP contribution in [0, 0.1) is 6.92 Å². The van der Waals surface area contributed by atoms with Crippen LogP contribution in [0.15, 0.2) is 18.2 Å². The third-order valence-electron chi connectivity index (χ3n) is 1.22. The van der Waals surface area contributed by atoms with Crippen LogP contribution >= 0.6 is 11.6 Å². The van der Waals surface area contributed by atoms with Crippen molar-refractivity contribution in [3.63, 3.8) is 0 Å². The molecule has 0 amide bonds. The van der Waals surface area contributed by atoms with E-state index in [9.17, 15) is 5.11 Å².